The zero-order valence-electron chi connectivity index (χ0n) is 11.8. The van der Waals surface area contributed by atoms with Crippen molar-refractivity contribution in [3.8, 4) is 11.5 Å². The molecule has 0 atom stereocenters. The van der Waals surface area contributed by atoms with Crippen LogP contribution >= 0.6 is 0 Å². The normalized spacial score (nSPS) is 11.3. The molecule has 0 heterocycles. The van der Waals surface area contributed by atoms with Crippen molar-refractivity contribution in [1.82, 2.24) is 0 Å². The van der Waals surface area contributed by atoms with Crippen molar-refractivity contribution < 1.29 is 18.9 Å². The largest absolute Gasteiger partial charge is 0.457 e. The molecule has 2 rings (SSSR count). The summed E-state index contributed by atoms with van der Waals surface area (Å²) in [5.41, 5.74) is 0.755. The molecule has 0 spiro atoms. The molecule has 106 valence electrons. The van der Waals surface area contributed by atoms with Gasteiger partial charge in [-0.05, 0) is 36.4 Å². The van der Waals surface area contributed by atoms with Gasteiger partial charge in [0.2, 0.25) is 0 Å². The van der Waals surface area contributed by atoms with Crippen LogP contribution in [0.5, 0.6) is 11.5 Å². The van der Waals surface area contributed by atoms with Crippen molar-refractivity contribution >= 4 is 0 Å². The molecule has 0 aliphatic carbocycles. The van der Waals surface area contributed by atoms with E-state index in [1.807, 2.05) is 54.6 Å². The maximum Gasteiger partial charge on any atom is 0.311 e. The molecule has 0 aliphatic heterocycles. The second-order valence-corrected chi connectivity index (χ2v) is 4.11. The Morgan fingerprint density at radius 2 is 1.15 bits per heavy atom. The highest BCUT2D eigenvalue weighted by Crippen LogP contribution is 2.29. The van der Waals surface area contributed by atoms with Gasteiger partial charge in [0.25, 0.3) is 0 Å². The summed E-state index contributed by atoms with van der Waals surface area (Å²) in [7, 11) is 4.59. The molecular formula is C16H18O4. The van der Waals surface area contributed by atoms with Gasteiger partial charge in [-0.3, -0.25) is 0 Å². The lowest BCUT2D eigenvalue weighted by molar-refractivity contribution is -0.364. The second kappa shape index (κ2) is 6.52. The highest BCUT2D eigenvalue weighted by Gasteiger charge is 2.32. The summed E-state index contributed by atoms with van der Waals surface area (Å²) in [4.78, 5) is 0. The first-order chi connectivity index (χ1) is 9.74. The molecule has 2 aromatic rings. The first-order valence-corrected chi connectivity index (χ1v) is 6.23. The molecule has 0 amide bonds. The van der Waals surface area contributed by atoms with Crippen LogP contribution in [0.1, 0.15) is 5.56 Å². The quantitative estimate of drug-likeness (QED) is 0.755. The lowest BCUT2D eigenvalue weighted by Crippen LogP contribution is -2.32. The number of para-hydroxylation sites is 1. The van der Waals surface area contributed by atoms with E-state index in [0.717, 1.165) is 17.1 Å². The summed E-state index contributed by atoms with van der Waals surface area (Å²) in [6, 6.07) is 17.0. The van der Waals surface area contributed by atoms with E-state index in [-0.39, 0.29) is 0 Å². The van der Waals surface area contributed by atoms with Gasteiger partial charge in [0.15, 0.2) is 0 Å². The van der Waals surface area contributed by atoms with E-state index in [0.29, 0.717) is 0 Å². The standard InChI is InChI=1S/C16H18O4/c1-17-16(18-2,19-3)13-9-11-15(12-10-13)20-14-7-5-4-6-8-14/h4-12H,1-3H3. The molecular weight excluding hydrogens is 256 g/mol. The summed E-state index contributed by atoms with van der Waals surface area (Å²) in [6.07, 6.45) is 0. The Morgan fingerprint density at radius 1 is 0.650 bits per heavy atom. The summed E-state index contributed by atoms with van der Waals surface area (Å²) in [5, 5.41) is 0. The van der Waals surface area contributed by atoms with Crippen LogP contribution in [0, 0.1) is 0 Å². The fourth-order valence-corrected chi connectivity index (χ4v) is 1.96. The first-order valence-electron chi connectivity index (χ1n) is 6.23. The van der Waals surface area contributed by atoms with E-state index < -0.39 is 5.97 Å². The minimum absolute atomic E-state index is 0.733. The topological polar surface area (TPSA) is 36.9 Å². The van der Waals surface area contributed by atoms with Gasteiger partial charge in [0, 0.05) is 26.9 Å². The van der Waals surface area contributed by atoms with Crippen LogP contribution in [0.4, 0.5) is 0 Å². The van der Waals surface area contributed by atoms with Gasteiger partial charge in [0.05, 0.1) is 0 Å². The van der Waals surface area contributed by atoms with Crippen molar-refractivity contribution in [1.29, 1.82) is 0 Å². The van der Waals surface area contributed by atoms with Crippen LogP contribution in [0.15, 0.2) is 54.6 Å². The summed E-state index contributed by atoms with van der Waals surface area (Å²) in [6.45, 7) is 0. The van der Waals surface area contributed by atoms with Gasteiger partial charge < -0.3 is 18.9 Å². The maximum atomic E-state index is 5.72. The molecule has 0 aromatic heterocycles. The Labute approximate surface area is 118 Å². The van der Waals surface area contributed by atoms with Crippen molar-refractivity contribution in [2.45, 2.75) is 5.97 Å². The van der Waals surface area contributed by atoms with Gasteiger partial charge in [-0.25, -0.2) is 0 Å². The van der Waals surface area contributed by atoms with Gasteiger partial charge >= 0.3 is 5.97 Å². The molecule has 0 saturated carbocycles. The van der Waals surface area contributed by atoms with Gasteiger partial charge in [-0.1, -0.05) is 18.2 Å². The van der Waals surface area contributed by atoms with Crippen molar-refractivity contribution in [2.24, 2.45) is 0 Å². The monoisotopic (exact) mass is 274 g/mol. The molecule has 2 aromatic carbocycles. The molecule has 0 aliphatic rings. The molecule has 4 heteroatoms. The lowest BCUT2D eigenvalue weighted by Gasteiger charge is -2.28. The first kappa shape index (κ1) is 14.5. The molecule has 0 radical (unpaired) electrons. The summed E-state index contributed by atoms with van der Waals surface area (Å²) >= 11 is 0. The Morgan fingerprint density at radius 3 is 1.65 bits per heavy atom. The van der Waals surface area contributed by atoms with Crippen LogP contribution in [0.3, 0.4) is 0 Å². The second-order valence-electron chi connectivity index (χ2n) is 4.11. The molecule has 0 N–H and O–H groups in total. The van der Waals surface area contributed by atoms with Crippen LogP contribution in [-0.2, 0) is 20.2 Å². The smallest absolute Gasteiger partial charge is 0.311 e. The van der Waals surface area contributed by atoms with Crippen LogP contribution in [0.2, 0.25) is 0 Å². The van der Waals surface area contributed by atoms with Gasteiger partial charge in [-0.2, -0.15) is 0 Å². The molecule has 0 fully saturated rings. The third kappa shape index (κ3) is 2.99. The fourth-order valence-electron chi connectivity index (χ4n) is 1.96. The van der Waals surface area contributed by atoms with E-state index in [4.69, 9.17) is 18.9 Å². The number of ether oxygens (including phenoxy) is 4. The average Bonchev–Trinajstić information content (AvgIpc) is 2.52. The average molecular weight is 274 g/mol. The van der Waals surface area contributed by atoms with Crippen molar-refractivity contribution in [3.63, 3.8) is 0 Å². The third-order valence-corrected chi connectivity index (χ3v) is 2.99. The van der Waals surface area contributed by atoms with Crippen molar-refractivity contribution in [2.75, 3.05) is 21.3 Å². The third-order valence-electron chi connectivity index (χ3n) is 2.99. The Balaban J connectivity index is 2.18. The Kier molecular flexibility index (Phi) is 4.74. The number of hydrogen-bond donors (Lipinski definition) is 0. The van der Waals surface area contributed by atoms with Gasteiger partial charge in [0.1, 0.15) is 11.5 Å². The Hall–Kier alpha value is -1.88. The lowest BCUT2D eigenvalue weighted by atomic mass is 10.2. The van der Waals surface area contributed by atoms with E-state index >= 15 is 0 Å². The molecule has 0 unspecified atom stereocenters. The predicted octanol–water partition coefficient (Wildman–Crippen LogP) is 3.53. The predicted molar refractivity (Wildman–Crippen MR) is 75.7 cm³/mol. The fraction of sp³-hybridized carbons (Fsp3) is 0.250. The van der Waals surface area contributed by atoms with E-state index in [2.05, 4.69) is 0 Å². The number of hydrogen-bond acceptors (Lipinski definition) is 4. The molecule has 20 heavy (non-hydrogen) atoms. The van der Waals surface area contributed by atoms with Crippen molar-refractivity contribution in [3.05, 3.63) is 60.2 Å². The Bertz CT molecular complexity index is 510. The minimum atomic E-state index is -1.19. The highest BCUT2D eigenvalue weighted by molar-refractivity contribution is 5.33. The van der Waals surface area contributed by atoms with E-state index in [1.54, 1.807) is 0 Å². The number of benzene rings is 2. The highest BCUT2D eigenvalue weighted by atomic mass is 16.9. The van der Waals surface area contributed by atoms with E-state index in [9.17, 15) is 0 Å². The minimum Gasteiger partial charge on any atom is -0.457 e. The van der Waals surface area contributed by atoms with Gasteiger partial charge in [-0.15, -0.1) is 0 Å². The molecule has 4 nitrogen and oxygen atoms in total. The zero-order valence-corrected chi connectivity index (χ0v) is 11.8. The number of methoxy groups -OCH3 is 3. The SMILES string of the molecule is COC(OC)(OC)c1ccc(Oc2ccccc2)cc1. The molecule has 0 bridgehead atoms. The summed E-state index contributed by atoms with van der Waals surface area (Å²) < 4.78 is 21.6. The number of rotatable bonds is 6. The zero-order chi connectivity index (χ0) is 14.4. The maximum absolute atomic E-state index is 5.72. The summed E-state index contributed by atoms with van der Waals surface area (Å²) in [5.74, 6) is 0.333. The van der Waals surface area contributed by atoms with Crippen LogP contribution in [-0.4, -0.2) is 21.3 Å². The molecule has 0 saturated heterocycles. The van der Waals surface area contributed by atoms with Crippen LogP contribution < -0.4 is 4.74 Å². The van der Waals surface area contributed by atoms with E-state index in [1.165, 1.54) is 21.3 Å². The van der Waals surface area contributed by atoms with Crippen LogP contribution in [0.25, 0.3) is 0 Å².